The van der Waals surface area contributed by atoms with Gasteiger partial charge in [-0.25, -0.2) is 0 Å². The molecule has 104 valence electrons. The Hall–Kier alpha value is -2.17. The van der Waals surface area contributed by atoms with E-state index in [4.69, 9.17) is 5.73 Å². The van der Waals surface area contributed by atoms with Crippen molar-refractivity contribution in [3.63, 3.8) is 0 Å². The highest BCUT2D eigenvalue weighted by Gasteiger charge is 2.24. The van der Waals surface area contributed by atoms with Crippen LogP contribution in [0.15, 0.2) is 30.5 Å². The first-order valence-electron chi connectivity index (χ1n) is 7.00. The van der Waals surface area contributed by atoms with Crippen LogP contribution in [0.3, 0.4) is 0 Å². The molecule has 3 rings (SSSR count). The Morgan fingerprint density at radius 1 is 1.20 bits per heavy atom. The van der Waals surface area contributed by atoms with Gasteiger partial charge in [-0.3, -0.25) is 4.79 Å². The number of hydrogen-bond acceptors (Lipinski definition) is 4. The standard InChI is InChI=1S/C15H18N4O/c16-15(20)10-5-7-11(8-6-10)18-14-9-17-19-13-4-2-1-3-12(13)14/h1-4,9-11H,5-8H2,(H2,16,20)(H,18,19). The van der Waals surface area contributed by atoms with Crippen molar-refractivity contribution < 1.29 is 4.79 Å². The number of primary amides is 1. The number of nitrogens with zero attached hydrogens (tertiary/aromatic N) is 2. The Labute approximate surface area is 117 Å². The largest absolute Gasteiger partial charge is 0.380 e. The van der Waals surface area contributed by atoms with E-state index in [1.54, 1.807) is 6.20 Å². The Balaban J connectivity index is 1.73. The topological polar surface area (TPSA) is 80.9 Å². The first kappa shape index (κ1) is 12.8. The lowest BCUT2D eigenvalue weighted by Crippen LogP contribution is -2.32. The minimum absolute atomic E-state index is 0.0420. The van der Waals surface area contributed by atoms with Gasteiger partial charge >= 0.3 is 0 Å². The smallest absolute Gasteiger partial charge is 0.220 e. The zero-order valence-corrected chi connectivity index (χ0v) is 11.2. The lowest BCUT2D eigenvalue weighted by atomic mass is 9.85. The molecule has 0 spiro atoms. The number of benzene rings is 1. The van der Waals surface area contributed by atoms with Gasteiger partial charge in [-0.2, -0.15) is 10.2 Å². The molecule has 2 aromatic rings. The van der Waals surface area contributed by atoms with E-state index < -0.39 is 0 Å². The molecule has 1 aliphatic rings. The van der Waals surface area contributed by atoms with Gasteiger partial charge in [0.05, 0.1) is 17.4 Å². The van der Waals surface area contributed by atoms with Crippen LogP contribution in [0, 0.1) is 5.92 Å². The number of hydrogen-bond donors (Lipinski definition) is 2. The predicted molar refractivity (Wildman–Crippen MR) is 78.1 cm³/mol. The summed E-state index contributed by atoms with van der Waals surface area (Å²) in [7, 11) is 0. The third-order valence-electron chi connectivity index (χ3n) is 4.04. The molecule has 0 saturated heterocycles. The maximum atomic E-state index is 11.2. The molecule has 3 N–H and O–H groups in total. The highest BCUT2D eigenvalue weighted by atomic mass is 16.1. The van der Waals surface area contributed by atoms with Crippen LogP contribution in [-0.2, 0) is 4.79 Å². The highest BCUT2D eigenvalue weighted by Crippen LogP contribution is 2.28. The number of rotatable bonds is 3. The molecule has 20 heavy (non-hydrogen) atoms. The minimum Gasteiger partial charge on any atom is -0.380 e. The normalized spacial score (nSPS) is 22.6. The van der Waals surface area contributed by atoms with E-state index in [2.05, 4.69) is 15.5 Å². The molecule has 1 saturated carbocycles. The van der Waals surface area contributed by atoms with Crippen molar-refractivity contribution in [2.24, 2.45) is 11.7 Å². The van der Waals surface area contributed by atoms with Gasteiger partial charge in [-0.05, 0) is 31.7 Å². The summed E-state index contributed by atoms with van der Waals surface area (Å²) in [6.45, 7) is 0. The minimum atomic E-state index is -0.167. The van der Waals surface area contributed by atoms with Gasteiger partial charge in [0.1, 0.15) is 0 Å². The summed E-state index contributed by atoms with van der Waals surface area (Å²) in [6.07, 6.45) is 5.42. The fourth-order valence-corrected chi connectivity index (χ4v) is 2.86. The van der Waals surface area contributed by atoms with Crippen molar-refractivity contribution in [2.45, 2.75) is 31.7 Å². The number of aromatic nitrogens is 2. The third kappa shape index (κ3) is 2.57. The Kier molecular flexibility index (Phi) is 3.50. The second kappa shape index (κ2) is 5.45. The molecule has 0 atom stereocenters. The van der Waals surface area contributed by atoms with E-state index in [0.717, 1.165) is 42.3 Å². The van der Waals surface area contributed by atoms with Crippen LogP contribution >= 0.6 is 0 Å². The van der Waals surface area contributed by atoms with Gasteiger partial charge in [0, 0.05) is 17.3 Å². The predicted octanol–water partition coefficient (Wildman–Crippen LogP) is 2.09. The molecule has 1 amide bonds. The molecule has 5 nitrogen and oxygen atoms in total. The van der Waals surface area contributed by atoms with Crippen molar-refractivity contribution >= 4 is 22.5 Å². The maximum absolute atomic E-state index is 11.2. The molecule has 0 unspecified atom stereocenters. The van der Waals surface area contributed by atoms with E-state index in [0.29, 0.717) is 6.04 Å². The van der Waals surface area contributed by atoms with E-state index >= 15 is 0 Å². The van der Waals surface area contributed by atoms with Crippen molar-refractivity contribution in [2.75, 3.05) is 5.32 Å². The third-order valence-corrected chi connectivity index (χ3v) is 4.04. The fraction of sp³-hybridized carbons (Fsp3) is 0.400. The number of fused-ring (bicyclic) bond motifs is 1. The molecule has 1 aliphatic carbocycles. The highest BCUT2D eigenvalue weighted by molar-refractivity contribution is 5.90. The summed E-state index contributed by atoms with van der Waals surface area (Å²) >= 11 is 0. The van der Waals surface area contributed by atoms with Gasteiger partial charge in [0.2, 0.25) is 5.91 Å². The molecule has 1 fully saturated rings. The summed E-state index contributed by atoms with van der Waals surface area (Å²) in [4.78, 5) is 11.2. The Morgan fingerprint density at radius 2 is 1.95 bits per heavy atom. The number of anilines is 1. The Bertz CT molecular complexity index is 615. The van der Waals surface area contributed by atoms with E-state index in [-0.39, 0.29) is 11.8 Å². The van der Waals surface area contributed by atoms with Crippen LogP contribution in [0.1, 0.15) is 25.7 Å². The summed E-state index contributed by atoms with van der Waals surface area (Å²) in [5.41, 5.74) is 7.27. The molecule has 1 aromatic heterocycles. The number of nitrogens with two attached hydrogens (primary N) is 1. The van der Waals surface area contributed by atoms with Crippen LogP contribution in [0.4, 0.5) is 5.69 Å². The maximum Gasteiger partial charge on any atom is 0.220 e. The van der Waals surface area contributed by atoms with Gasteiger partial charge in [-0.15, -0.1) is 0 Å². The number of nitrogens with one attached hydrogen (secondary N) is 1. The number of amides is 1. The average molecular weight is 270 g/mol. The first-order valence-corrected chi connectivity index (χ1v) is 7.00. The summed E-state index contributed by atoms with van der Waals surface area (Å²) in [5, 5.41) is 12.8. The molecular formula is C15H18N4O. The van der Waals surface area contributed by atoms with Gasteiger partial charge in [-0.1, -0.05) is 18.2 Å². The fourth-order valence-electron chi connectivity index (χ4n) is 2.86. The molecule has 0 aliphatic heterocycles. The first-order chi connectivity index (χ1) is 9.74. The van der Waals surface area contributed by atoms with Crippen LogP contribution < -0.4 is 11.1 Å². The van der Waals surface area contributed by atoms with Gasteiger partial charge in [0.15, 0.2) is 0 Å². The van der Waals surface area contributed by atoms with E-state index in [1.807, 2.05) is 24.3 Å². The molecule has 1 aromatic carbocycles. The molecule has 5 heteroatoms. The molecule has 0 radical (unpaired) electrons. The van der Waals surface area contributed by atoms with Crippen LogP contribution in [0.25, 0.3) is 10.9 Å². The van der Waals surface area contributed by atoms with Crippen LogP contribution in [-0.4, -0.2) is 22.1 Å². The van der Waals surface area contributed by atoms with Crippen molar-refractivity contribution in [3.05, 3.63) is 30.5 Å². The van der Waals surface area contributed by atoms with Crippen LogP contribution in [0.5, 0.6) is 0 Å². The summed E-state index contributed by atoms with van der Waals surface area (Å²) < 4.78 is 0. The zero-order valence-electron chi connectivity index (χ0n) is 11.2. The number of carbonyl (C=O) groups is 1. The second-order valence-corrected chi connectivity index (χ2v) is 5.37. The molecular weight excluding hydrogens is 252 g/mol. The van der Waals surface area contributed by atoms with Crippen LogP contribution in [0.2, 0.25) is 0 Å². The van der Waals surface area contributed by atoms with Crippen molar-refractivity contribution in [1.29, 1.82) is 0 Å². The SMILES string of the molecule is NC(=O)C1CCC(Nc2cnnc3ccccc23)CC1. The monoisotopic (exact) mass is 270 g/mol. The molecule has 1 heterocycles. The zero-order chi connectivity index (χ0) is 13.9. The summed E-state index contributed by atoms with van der Waals surface area (Å²) in [5.74, 6) is -0.125. The molecule has 0 bridgehead atoms. The van der Waals surface area contributed by atoms with Gasteiger partial charge in [0.25, 0.3) is 0 Å². The Morgan fingerprint density at radius 3 is 2.70 bits per heavy atom. The van der Waals surface area contributed by atoms with Gasteiger partial charge < -0.3 is 11.1 Å². The van der Waals surface area contributed by atoms with Crippen molar-refractivity contribution in [1.82, 2.24) is 10.2 Å². The number of carbonyl (C=O) groups excluding carboxylic acids is 1. The lowest BCUT2D eigenvalue weighted by Gasteiger charge is -2.28. The van der Waals surface area contributed by atoms with E-state index in [1.165, 1.54) is 0 Å². The lowest BCUT2D eigenvalue weighted by molar-refractivity contribution is -0.122. The quantitative estimate of drug-likeness (QED) is 0.894. The average Bonchev–Trinajstić information content (AvgIpc) is 2.48. The summed E-state index contributed by atoms with van der Waals surface area (Å²) in [6, 6.07) is 8.33. The van der Waals surface area contributed by atoms with Crippen molar-refractivity contribution in [3.8, 4) is 0 Å². The van der Waals surface area contributed by atoms with E-state index in [9.17, 15) is 4.79 Å². The second-order valence-electron chi connectivity index (χ2n) is 5.37.